The summed E-state index contributed by atoms with van der Waals surface area (Å²) in [5.41, 5.74) is 1.43. The van der Waals surface area contributed by atoms with Gasteiger partial charge in [-0.3, -0.25) is 0 Å². The van der Waals surface area contributed by atoms with Crippen LogP contribution in [0.4, 0.5) is 13.2 Å². The molecule has 1 heterocycles. The average molecular weight is 300 g/mol. The molecule has 5 heteroatoms. The van der Waals surface area contributed by atoms with Crippen LogP contribution in [0.15, 0.2) is 67.1 Å². The van der Waals surface area contributed by atoms with E-state index in [9.17, 15) is 13.2 Å². The molecule has 22 heavy (non-hydrogen) atoms. The third-order valence-electron chi connectivity index (χ3n) is 3.28. The highest BCUT2D eigenvalue weighted by Crippen LogP contribution is 2.37. The van der Waals surface area contributed by atoms with E-state index in [4.69, 9.17) is 0 Å². The maximum absolute atomic E-state index is 13.1. The van der Waals surface area contributed by atoms with Crippen molar-refractivity contribution in [3.05, 3.63) is 72.7 Å². The molecule has 1 aromatic heterocycles. The predicted octanol–water partition coefficient (Wildman–Crippen LogP) is 4.83. The lowest BCUT2D eigenvalue weighted by atomic mass is 9.97. The minimum absolute atomic E-state index is 0.158. The highest BCUT2D eigenvalue weighted by atomic mass is 19.4. The largest absolute Gasteiger partial charge is 0.417 e. The zero-order valence-corrected chi connectivity index (χ0v) is 11.4. The molecule has 0 saturated heterocycles. The van der Waals surface area contributed by atoms with Crippen molar-refractivity contribution in [1.82, 2.24) is 9.97 Å². The Bertz CT molecular complexity index is 783. The molecule has 0 N–H and O–H groups in total. The van der Waals surface area contributed by atoms with E-state index in [1.807, 2.05) is 6.07 Å². The predicted molar refractivity (Wildman–Crippen MR) is 77.9 cm³/mol. The van der Waals surface area contributed by atoms with Gasteiger partial charge in [0.15, 0.2) is 0 Å². The zero-order chi connectivity index (χ0) is 15.6. The van der Waals surface area contributed by atoms with Crippen molar-refractivity contribution >= 4 is 0 Å². The maximum atomic E-state index is 13.1. The lowest BCUT2D eigenvalue weighted by Gasteiger charge is -2.13. The molecule has 0 atom stereocenters. The summed E-state index contributed by atoms with van der Waals surface area (Å²) < 4.78 is 39.4. The van der Waals surface area contributed by atoms with E-state index in [2.05, 4.69) is 9.97 Å². The van der Waals surface area contributed by atoms with Gasteiger partial charge < -0.3 is 0 Å². The van der Waals surface area contributed by atoms with Crippen LogP contribution >= 0.6 is 0 Å². The monoisotopic (exact) mass is 300 g/mol. The average Bonchev–Trinajstić information content (AvgIpc) is 2.55. The van der Waals surface area contributed by atoms with Crippen molar-refractivity contribution < 1.29 is 13.2 Å². The lowest BCUT2D eigenvalue weighted by Crippen LogP contribution is -2.06. The van der Waals surface area contributed by atoms with Crippen LogP contribution in [0, 0.1) is 0 Å². The molecular weight excluding hydrogens is 289 g/mol. The van der Waals surface area contributed by atoms with Gasteiger partial charge in [-0.2, -0.15) is 13.2 Å². The Morgan fingerprint density at radius 1 is 0.818 bits per heavy atom. The molecule has 0 aliphatic rings. The molecule has 0 saturated carbocycles. The Labute approximate surface area is 125 Å². The summed E-state index contributed by atoms with van der Waals surface area (Å²) in [7, 11) is 0. The van der Waals surface area contributed by atoms with Gasteiger partial charge in [0.2, 0.25) is 0 Å². The van der Waals surface area contributed by atoms with E-state index in [1.165, 1.54) is 18.5 Å². The number of rotatable bonds is 2. The van der Waals surface area contributed by atoms with Gasteiger partial charge in [0.05, 0.1) is 11.3 Å². The smallest absolute Gasteiger partial charge is 0.245 e. The standard InChI is InChI=1S/C17H11F3N2/c18-17(19,20)15-7-2-1-6-14(15)12-4-3-5-13(10-12)16-8-9-21-11-22-16/h1-11H. The summed E-state index contributed by atoms with van der Waals surface area (Å²) in [6.45, 7) is 0. The van der Waals surface area contributed by atoms with E-state index in [0.29, 0.717) is 11.3 Å². The topological polar surface area (TPSA) is 25.8 Å². The van der Waals surface area contributed by atoms with Crippen LogP contribution in [0.2, 0.25) is 0 Å². The summed E-state index contributed by atoms with van der Waals surface area (Å²) in [5, 5.41) is 0. The van der Waals surface area contributed by atoms with Gasteiger partial charge >= 0.3 is 6.18 Å². The van der Waals surface area contributed by atoms with Crippen LogP contribution in [0.25, 0.3) is 22.4 Å². The second kappa shape index (κ2) is 5.60. The minimum atomic E-state index is -4.39. The van der Waals surface area contributed by atoms with Crippen LogP contribution in [-0.4, -0.2) is 9.97 Å². The second-order valence-electron chi connectivity index (χ2n) is 4.72. The Morgan fingerprint density at radius 3 is 2.32 bits per heavy atom. The van der Waals surface area contributed by atoms with E-state index in [1.54, 1.807) is 36.5 Å². The molecule has 2 aromatic carbocycles. The maximum Gasteiger partial charge on any atom is 0.417 e. The van der Waals surface area contributed by atoms with Crippen LogP contribution in [0.1, 0.15) is 5.56 Å². The van der Waals surface area contributed by atoms with Gasteiger partial charge in [-0.25, -0.2) is 9.97 Å². The van der Waals surface area contributed by atoms with Gasteiger partial charge in [0, 0.05) is 11.8 Å². The van der Waals surface area contributed by atoms with Crippen LogP contribution in [-0.2, 0) is 6.18 Å². The molecule has 110 valence electrons. The second-order valence-corrected chi connectivity index (χ2v) is 4.72. The number of aromatic nitrogens is 2. The Hall–Kier alpha value is -2.69. The first kappa shape index (κ1) is 14.3. The molecule has 3 aromatic rings. The number of halogens is 3. The van der Waals surface area contributed by atoms with Gasteiger partial charge in [0.1, 0.15) is 6.33 Å². The van der Waals surface area contributed by atoms with Crippen molar-refractivity contribution in [2.75, 3.05) is 0 Å². The van der Waals surface area contributed by atoms with Crippen molar-refractivity contribution in [3.8, 4) is 22.4 Å². The van der Waals surface area contributed by atoms with Crippen molar-refractivity contribution in [2.24, 2.45) is 0 Å². The fraction of sp³-hybridized carbons (Fsp3) is 0.0588. The van der Waals surface area contributed by atoms with Gasteiger partial charge in [-0.15, -0.1) is 0 Å². The summed E-state index contributed by atoms with van der Waals surface area (Å²) in [5.74, 6) is 0. The Balaban J connectivity index is 2.11. The van der Waals surface area contributed by atoms with E-state index >= 15 is 0 Å². The quantitative estimate of drug-likeness (QED) is 0.677. The molecule has 0 spiro atoms. The number of benzene rings is 2. The van der Waals surface area contributed by atoms with Gasteiger partial charge in [-0.1, -0.05) is 36.4 Å². The number of nitrogens with zero attached hydrogens (tertiary/aromatic N) is 2. The summed E-state index contributed by atoms with van der Waals surface area (Å²) >= 11 is 0. The molecule has 0 amide bonds. The van der Waals surface area contributed by atoms with E-state index < -0.39 is 11.7 Å². The van der Waals surface area contributed by atoms with Crippen molar-refractivity contribution in [2.45, 2.75) is 6.18 Å². The Kier molecular flexibility index (Phi) is 3.63. The van der Waals surface area contributed by atoms with Gasteiger partial charge in [-0.05, 0) is 29.3 Å². The van der Waals surface area contributed by atoms with Crippen LogP contribution in [0.5, 0.6) is 0 Å². The summed E-state index contributed by atoms with van der Waals surface area (Å²) in [4.78, 5) is 7.96. The number of hydrogen-bond donors (Lipinski definition) is 0. The van der Waals surface area contributed by atoms with Crippen LogP contribution < -0.4 is 0 Å². The third-order valence-corrected chi connectivity index (χ3v) is 3.28. The fourth-order valence-electron chi connectivity index (χ4n) is 2.29. The first-order chi connectivity index (χ1) is 10.6. The molecule has 0 aliphatic carbocycles. The summed E-state index contributed by atoms with van der Waals surface area (Å²) in [6.07, 6.45) is -1.38. The third kappa shape index (κ3) is 2.83. The highest BCUT2D eigenvalue weighted by Gasteiger charge is 2.33. The highest BCUT2D eigenvalue weighted by molar-refractivity contribution is 5.73. The fourth-order valence-corrected chi connectivity index (χ4v) is 2.29. The molecule has 3 rings (SSSR count). The lowest BCUT2D eigenvalue weighted by molar-refractivity contribution is -0.137. The zero-order valence-electron chi connectivity index (χ0n) is 11.4. The van der Waals surface area contributed by atoms with Crippen molar-refractivity contribution in [1.29, 1.82) is 0 Å². The Morgan fingerprint density at radius 2 is 1.59 bits per heavy atom. The molecule has 0 unspecified atom stereocenters. The molecule has 0 bridgehead atoms. The normalized spacial score (nSPS) is 11.4. The SMILES string of the molecule is FC(F)(F)c1ccccc1-c1cccc(-c2ccncn2)c1. The molecular formula is C17H11F3N2. The molecule has 2 nitrogen and oxygen atoms in total. The number of alkyl halides is 3. The van der Waals surface area contributed by atoms with Crippen molar-refractivity contribution in [3.63, 3.8) is 0 Å². The molecule has 0 fully saturated rings. The van der Waals surface area contributed by atoms with Gasteiger partial charge in [0.25, 0.3) is 0 Å². The first-order valence-corrected chi connectivity index (χ1v) is 6.59. The first-order valence-electron chi connectivity index (χ1n) is 6.59. The number of hydrogen-bond acceptors (Lipinski definition) is 2. The minimum Gasteiger partial charge on any atom is -0.245 e. The molecule has 0 aliphatic heterocycles. The summed E-state index contributed by atoms with van der Waals surface area (Å²) in [6, 6.07) is 14.2. The van der Waals surface area contributed by atoms with E-state index in [0.717, 1.165) is 11.6 Å². The molecule has 0 radical (unpaired) electrons. The van der Waals surface area contributed by atoms with E-state index in [-0.39, 0.29) is 5.56 Å². The van der Waals surface area contributed by atoms with Crippen LogP contribution in [0.3, 0.4) is 0 Å².